The van der Waals surface area contributed by atoms with Gasteiger partial charge in [0, 0.05) is 7.05 Å². The Kier molecular flexibility index (Phi) is 2.21. The summed E-state index contributed by atoms with van der Waals surface area (Å²) in [6.07, 6.45) is 0. The topological polar surface area (TPSA) is 49.1 Å². The van der Waals surface area contributed by atoms with Gasteiger partial charge in [-0.25, -0.2) is 14.0 Å². The van der Waals surface area contributed by atoms with E-state index in [9.17, 15) is 4.79 Å². The molecule has 1 rings (SSSR count). The lowest BCUT2D eigenvalue weighted by Gasteiger charge is -1.99. The molecule has 0 amide bonds. The summed E-state index contributed by atoms with van der Waals surface area (Å²) in [6, 6.07) is 0.404. The van der Waals surface area contributed by atoms with Gasteiger partial charge in [0.05, 0.1) is 13.2 Å². The van der Waals surface area contributed by atoms with Crippen molar-refractivity contribution in [3.8, 4) is 6.01 Å². The summed E-state index contributed by atoms with van der Waals surface area (Å²) < 4.78 is 7.65. The molecule has 68 valence electrons. The first kappa shape index (κ1) is 8.83. The van der Waals surface area contributed by atoms with Crippen molar-refractivity contribution in [3.05, 3.63) is 10.5 Å². The molecule has 0 spiro atoms. The molecule has 0 atom stereocenters. The molecule has 12 heavy (non-hydrogen) atoms. The molecule has 0 radical (unpaired) electrons. The Morgan fingerprint density at radius 3 is 2.33 bits per heavy atom. The third-order valence-corrected chi connectivity index (χ3v) is 1.63. The van der Waals surface area contributed by atoms with Gasteiger partial charge in [0.15, 0.2) is 0 Å². The maximum Gasteiger partial charge on any atom is 0.348 e. The van der Waals surface area contributed by atoms with Crippen LogP contribution < -0.4 is 10.4 Å². The van der Waals surface area contributed by atoms with Crippen molar-refractivity contribution in [2.24, 2.45) is 7.05 Å². The van der Waals surface area contributed by atoms with Crippen LogP contribution in [0.4, 0.5) is 0 Å². The van der Waals surface area contributed by atoms with Crippen molar-refractivity contribution in [2.45, 2.75) is 19.9 Å². The van der Waals surface area contributed by atoms with E-state index in [1.807, 2.05) is 13.8 Å². The van der Waals surface area contributed by atoms with Crippen molar-refractivity contribution in [1.82, 2.24) is 14.3 Å². The minimum atomic E-state index is -0.151. The van der Waals surface area contributed by atoms with Crippen molar-refractivity contribution in [3.63, 3.8) is 0 Å². The van der Waals surface area contributed by atoms with Crippen molar-refractivity contribution in [2.75, 3.05) is 7.11 Å². The van der Waals surface area contributed by atoms with Crippen LogP contribution in [0.2, 0.25) is 0 Å². The number of hydrogen-bond acceptors (Lipinski definition) is 3. The maximum absolute atomic E-state index is 11.4. The molecule has 0 aliphatic rings. The minimum absolute atomic E-state index is 0.0626. The summed E-state index contributed by atoms with van der Waals surface area (Å²) in [5, 5.41) is 3.97. The second-order valence-corrected chi connectivity index (χ2v) is 2.87. The predicted octanol–water partition coefficient (Wildman–Crippen LogP) is 0.171. The summed E-state index contributed by atoms with van der Waals surface area (Å²) in [4.78, 5) is 11.4. The largest absolute Gasteiger partial charge is 0.467 e. The van der Waals surface area contributed by atoms with E-state index < -0.39 is 0 Å². The van der Waals surface area contributed by atoms with Gasteiger partial charge in [-0.2, -0.15) is 0 Å². The first-order chi connectivity index (χ1) is 5.57. The van der Waals surface area contributed by atoms with E-state index in [2.05, 4.69) is 5.10 Å². The predicted molar refractivity (Wildman–Crippen MR) is 44.4 cm³/mol. The summed E-state index contributed by atoms with van der Waals surface area (Å²) >= 11 is 0. The molecule has 0 fully saturated rings. The van der Waals surface area contributed by atoms with E-state index in [4.69, 9.17) is 4.74 Å². The minimum Gasteiger partial charge on any atom is -0.467 e. The smallest absolute Gasteiger partial charge is 0.348 e. The number of aromatic nitrogens is 3. The average molecular weight is 171 g/mol. The Morgan fingerprint density at radius 1 is 1.50 bits per heavy atom. The van der Waals surface area contributed by atoms with E-state index in [0.717, 1.165) is 0 Å². The lowest BCUT2D eigenvalue weighted by molar-refractivity contribution is 0.358. The van der Waals surface area contributed by atoms with E-state index in [0.29, 0.717) is 6.01 Å². The maximum atomic E-state index is 11.4. The summed E-state index contributed by atoms with van der Waals surface area (Å²) in [5.41, 5.74) is -0.151. The Morgan fingerprint density at radius 2 is 2.08 bits per heavy atom. The molecule has 0 bridgehead atoms. The van der Waals surface area contributed by atoms with E-state index in [-0.39, 0.29) is 11.7 Å². The molecule has 5 nitrogen and oxygen atoms in total. The highest BCUT2D eigenvalue weighted by atomic mass is 16.5. The highest BCUT2D eigenvalue weighted by Gasteiger charge is 2.11. The third-order valence-electron chi connectivity index (χ3n) is 1.63. The zero-order chi connectivity index (χ0) is 9.30. The van der Waals surface area contributed by atoms with Crippen LogP contribution in [-0.2, 0) is 7.05 Å². The lowest BCUT2D eigenvalue weighted by Crippen LogP contribution is -2.24. The highest BCUT2D eigenvalue weighted by molar-refractivity contribution is 4.92. The van der Waals surface area contributed by atoms with Gasteiger partial charge in [-0.15, -0.1) is 5.10 Å². The molecular weight excluding hydrogens is 158 g/mol. The lowest BCUT2D eigenvalue weighted by atomic mass is 10.4. The summed E-state index contributed by atoms with van der Waals surface area (Å²) in [5.74, 6) is 0. The van der Waals surface area contributed by atoms with Crippen LogP contribution in [0.15, 0.2) is 4.79 Å². The molecule has 1 heterocycles. The van der Waals surface area contributed by atoms with Gasteiger partial charge in [0.2, 0.25) is 0 Å². The van der Waals surface area contributed by atoms with Crippen molar-refractivity contribution >= 4 is 0 Å². The van der Waals surface area contributed by atoms with Crippen molar-refractivity contribution in [1.29, 1.82) is 0 Å². The highest BCUT2D eigenvalue weighted by Crippen LogP contribution is 2.03. The van der Waals surface area contributed by atoms with E-state index in [1.54, 1.807) is 7.05 Å². The molecule has 0 N–H and O–H groups in total. The second kappa shape index (κ2) is 3.00. The quantitative estimate of drug-likeness (QED) is 0.637. The SMILES string of the molecule is COc1nn(C(C)C)c(=O)n1C. The summed E-state index contributed by atoms with van der Waals surface area (Å²) in [7, 11) is 3.12. The Bertz CT molecular complexity index is 324. The number of methoxy groups -OCH3 is 1. The van der Waals surface area contributed by atoms with Gasteiger partial charge in [-0.1, -0.05) is 0 Å². The molecular formula is C7H13N3O2. The van der Waals surface area contributed by atoms with E-state index in [1.165, 1.54) is 16.4 Å². The monoisotopic (exact) mass is 171 g/mol. The first-order valence-corrected chi connectivity index (χ1v) is 3.77. The molecule has 0 aliphatic heterocycles. The van der Waals surface area contributed by atoms with E-state index >= 15 is 0 Å². The Hall–Kier alpha value is -1.26. The fourth-order valence-electron chi connectivity index (χ4n) is 0.952. The Balaban J connectivity index is 3.25. The number of ether oxygens (including phenoxy) is 1. The van der Waals surface area contributed by atoms with Gasteiger partial charge in [-0.3, -0.25) is 0 Å². The fraction of sp³-hybridized carbons (Fsp3) is 0.714. The normalized spacial score (nSPS) is 10.8. The van der Waals surface area contributed by atoms with Crippen LogP contribution in [0, 0.1) is 0 Å². The second-order valence-electron chi connectivity index (χ2n) is 2.87. The van der Waals surface area contributed by atoms with Crippen LogP contribution in [0.3, 0.4) is 0 Å². The van der Waals surface area contributed by atoms with Crippen LogP contribution in [0.1, 0.15) is 19.9 Å². The van der Waals surface area contributed by atoms with Gasteiger partial charge in [-0.05, 0) is 13.8 Å². The van der Waals surface area contributed by atoms with Gasteiger partial charge in [0.1, 0.15) is 0 Å². The van der Waals surface area contributed by atoms with Crippen LogP contribution in [0.25, 0.3) is 0 Å². The molecule has 0 saturated heterocycles. The molecule has 5 heteroatoms. The van der Waals surface area contributed by atoms with Gasteiger partial charge < -0.3 is 4.74 Å². The van der Waals surface area contributed by atoms with Crippen LogP contribution >= 0.6 is 0 Å². The molecule has 1 aromatic heterocycles. The molecule has 0 unspecified atom stereocenters. The molecule has 0 aliphatic carbocycles. The first-order valence-electron chi connectivity index (χ1n) is 3.77. The number of hydrogen-bond donors (Lipinski definition) is 0. The molecule has 0 aromatic carbocycles. The molecule has 1 aromatic rings. The van der Waals surface area contributed by atoms with Crippen molar-refractivity contribution < 1.29 is 4.74 Å². The average Bonchev–Trinajstić information content (AvgIpc) is 2.30. The standard InChI is InChI=1S/C7H13N3O2/c1-5(2)10-7(11)9(3)6(8-10)12-4/h5H,1-4H3. The third kappa shape index (κ3) is 1.22. The number of nitrogens with zero attached hydrogens (tertiary/aromatic N) is 3. The van der Waals surface area contributed by atoms with Gasteiger partial charge >= 0.3 is 11.7 Å². The molecule has 0 saturated carbocycles. The Labute approximate surface area is 70.6 Å². The summed E-state index contributed by atoms with van der Waals surface area (Å²) in [6.45, 7) is 3.79. The number of rotatable bonds is 2. The fourth-order valence-corrected chi connectivity index (χ4v) is 0.952. The zero-order valence-electron chi connectivity index (χ0n) is 7.74. The van der Waals surface area contributed by atoms with Crippen LogP contribution in [0.5, 0.6) is 6.01 Å². The van der Waals surface area contributed by atoms with Crippen LogP contribution in [-0.4, -0.2) is 21.5 Å². The zero-order valence-corrected chi connectivity index (χ0v) is 7.74. The van der Waals surface area contributed by atoms with Gasteiger partial charge in [0.25, 0.3) is 0 Å².